The average molecular weight is 196 g/mol. The number of hydrogen-bond acceptors (Lipinski definition) is 2. The summed E-state index contributed by atoms with van der Waals surface area (Å²) in [6.07, 6.45) is 7.70. The van der Waals surface area contributed by atoms with Gasteiger partial charge in [0, 0.05) is 20.6 Å². The highest BCUT2D eigenvalue weighted by Gasteiger charge is 2.58. The molecule has 4 saturated carbocycles. The van der Waals surface area contributed by atoms with Crippen molar-refractivity contribution in [3.8, 4) is 0 Å². The molecule has 0 amide bonds. The molecule has 2 heteroatoms. The smallest absolute Gasteiger partial charge is 0.0711 e. The summed E-state index contributed by atoms with van der Waals surface area (Å²) in [6.45, 7) is 0. The predicted molar refractivity (Wildman–Crippen MR) is 54.2 cm³/mol. The van der Waals surface area contributed by atoms with E-state index in [0.717, 1.165) is 18.3 Å². The second-order valence-electron chi connectivity index (χ2n) is 5.74. The molecule has 0 atom stereocenters. The first-order chi connectivity index (χ1) is 6.69. The molecule has 0 aliphatic heterocycles. The van der Waals surface area contributed by atoms with Gasteiger partial charge in [-0.25, -0.2) is 0 Å². The molecule has 0 aromatic rings. The van der Waals surface area contributed by atoms with Crippen LogP contribution in [0.5, 0.6) is 0 Å². The Morgan fingerprint density at radius 2 is 1.29 bits per heavy atom. The summed E-state index contributed by atoms with van der Waals surface area (Å²) in [5, 5.41) is 0. The lowest BCUT2D eigenvalue weighted by molar-refractivity contribution is -0.220. The average Bonchev–Trinajstić information content (AvgIpc) is 2.16. The minimum absolute atomic E-state index is 0.181. The minimum atomic E-state index is 0.181. The van der Waals surface area contributed by atoms with Crippen LogP contribution in [0.25, 0.3) is 0 Å². The highest BCUT2D eigenvalue weighted by atomic mass is 16.5. The topological polar surface area (TPSA) is 18.5 Å². The maximum absolute atomic E-state index is 5.80. The van der Waals surface area contributed by atoms with Gasteiger partial charge in [-0.3, -0.25) is 0 Å². The normalized spacial score (nSPS) is 55.3. The number of hydrogen-bond donors (Lipinski definition) is 0. The standard InChI is InChI=1S/C12H20O2/c1-13-11-4-9-3-10(5-11)7-12(6-9,8-11)14-2/h9-10H,3-8H2,1-2H3. The molecule has 4 bridgehead atoms. The van der Waals surface area contributed by atoms with Crippen molar-refractivity contribution in [3.05, 3.63) is 0 Å². The molecule has 14 heavy (non-hydrogen) atoms. The van der Waals surface area contributed by atoms with Crippen molar-refractivity contribution < 1.29 is 9.47 Å². The van der Waals surface area contributed by atoms with Crippen LogP contribution in [0, 0.1) is 11.8 Å². The lowest BCUT2D eigenvalue weighted by Crippen LogP contribution is -2.60. The fourth-order valence-corrected chi connectivity index (χ4v) is 4.57. The molecule has 4 rings (SSSR count). The first-order valence-corrected chi connectivity index (χ1v) is 5.80. The van der Waals surface area contributed by atoms with E-state index in [4.69, 9.17) is 9.47 Å². The van der Waals surface area contributed by atoms with Gasteiger partial charge in [-0.05, 0) is 43.9 Å². The molecule has 0 spiro atoms. The van der Waals surface area contributed by atoms with Crippen LogP contribution in [0.1, 0.15) is 38.5 Å². The molecule has 0 N–H and O–H groups in total. The van der Waals surface area contributed by atoms with E-state index in [2.05, 4.69) is 0 Å². The quantitative estimate of drug-likeness (QED) is 0.675. The predicted octanol–water partition coefficient (Wildman–Crippen LogP) is 2.37. The SMILES string of the molecule is COC12CC3CC(C1)CC(OC)(C3)C2. The summed E-state index contributed by atoms with van der Waals surface area (Å²) in [5.41, 5.74) is 0.361. The van der Waals surface area contributed by atoms with Crippen LogP contribution in [-0.4, -0.2) is 25.4 Å². The highest BCUT2D eigenvalue weighted by Crippen LogP contribution is 2.59. The lowest BCUT2D eigenvalue weighted by atomic mass is 9.52. The fourth-order valence-electron chi connectivity index (χ4n) is 4.57. The molecule has 4 fully saturated rings. The van der Waals surface area contributed by atoms with Crippen molar-refractivity contribution in [2.24, 2.45) is 11.8 Å². The van der Waals surface area contributed by atoms with Gasteiger partial charge < -0.3 is 9.47 Å². The van der Waals surface area contributed by atoms with Crippen molar-refractivity contribution in [1.29, 1.82) is 0 Å². The van der Waals surface area contributed by atoms with Gasteiger partial charge in [0.05, 0.1) is 11.2 Å². The third-order valence-electron chi connectivity index (χ3n) is 4.82. The zero-order valence-electron chi connectivity index (χ0n) is 9.21. The molecule has 80 valence electrons. The molecule has 0 radical (unpaired) electrons. The van der Waals surface area contributed by atoms with Crippen LogP contribution in [0.3, 0.4) is 0 Å². The Morgan fingerprint density at radius 1 is 0.857 bits per heavy atom. The fraction of sp³-hybridized carbons (Fsp3) is 1.00. The van der Waals surface area contributed by atoms with E-state index in [1.54, 1.807) is 0 Å². The second-order valence-corrected chi connectivity index (χ2v) is 5.74. The molecule has 0 aromatic carbocycles. The Hall–Kier alpha value is -0.0800. The van der Waals surface area contributed by atoms with E-state index in [9.17, 15) is 0 Å². The van der Waals surface area contributed by atoms with Crippen LogP contribution >= 0.6 is 0 Å². The zero-order chi connectivity index (χ0) is 9.81. The van der Waals surface area contributed by atoms with Crippen molar-refractivity contribution in [2.45, 2.75) is 49.7 Å². The minimum Gasteiger partial charge on any atom is -0.378 e. The Labute approximate surface area is 86.0 Å². The summed E-state index contributed by atoms with van der Waals surface area (Å²) in [5.74, 6) is 1.74. The summed E-state index contributed by atoms with van der Waals surface area (Å²) < 4.78 is 11.6. The molecule has 0 heterocycles. The van der Waals surface area contributed by atoms with Crippen molar-refractivity contribution in [1.82, 2.24) is 0 Å². The molecule has 2 nitrogen and oxygen atoms in total. The number of ether oxygens (including phenoxy) is 2. The Kier molecular flexibility index (Phi) is 1.79. The van der Waals surface area contributed by atoms with Gasteiger partial charge in [0.2, 0.25) is 0 Å². The number of rotatable bonds is 2. The van der Waals surface area contributed by atoms with Crippen LogP contribution in [0.15, 0.2) is 0 Å². The van der Waals surface area contributed by atoms with Crippen LogP contribution < -0.4 is 0 Å². The monoisotopic (exact) mass is 196 g/mol. The zero-order valence-corrected chi connectivity index (χ0v) is 9.21. The largest absolute Gasteiger partial charge is 0.378 e. The Bertz CT molecular complexity index is 213. The van der Waals surface area contributed by atoms with Crippen LogP contribution in [-0.2, 0) is 9.47 Å². The van der Waals surface area contributed by atoms with Crippen molar-refractivity contribution in [2.75, 3.05) is 14.2 Å². The summed E-state index contributed by atoms with van der Waals surface area (Å²) in [4.78, 5) is 0. The van der Waals surface area contributed by atoms with Crippen LogP contribution in [0.2, 0.25) is 0 Å². The maximum atomic E-state index is 5.80. The van der Waals surface area contributed by atoms with Gasteiger partial charge in [0.15, 0.2) is 0 Å². The van der Waals surface area contributed by atoms with E-state index in [1.165, 1.54) is 32.1 Å². The molecule has 0 saturated heterocycles. The van der Waals surface area contributed by atoms with Crippen LogP contribution in [0.4, 0.5) is 0 Å². The van der Waals surface area contributed by atoms with Gasteiger partial charge in [-0.15, -0.1) is 0 Å². The van der Waals surface area contributed by atoms with Crippen molar-refractivity contribution >= 4 is 0 Å². The molecule has 4 aliphatic rings. The third-order valence-corrected chi connectivity index (χ3v) is 4.82. The van der Waals surface area contributed by atoms with E-state index in [0.29, 0.717) is 0 Å². The summed E-state index contributed by atoms with van der Waals surface area (Å²) in [7, 11) is 3.77. The molecule has 4 aliphatic carbocycles. The molecular weight excluding hydrogens is 176 g/mol. The maximum Gasteiger partial charge on any atom is 0.0711 e. The Morgan fingerprint density at radius 3 is 1.64 bits per heavy atom. The second kappa shape index (κ2) is 2.73. The highest BCUT2D eigenvalue weighted by molar-refractivity contribution is 5.10. The summed E-state index contributed by atoms with van der Waals surface area (Å²) in [6, 6.07) is 0. The molecule has 0 aromatic heterocycles. The van der Waals surface area contributed by atoms with Gasteiger partial charge in [0.25, 0.3) is 0 Å². The Balaban J connectivity index is 1.94. The molecule has 0 unspecified atom stereocenters. The lowest BCUT2D eigenvalue weighted by Gasteiger charge is -2.60. The number of methoxy groups -OCH3 is 2. The summed E-state index contributed by atoms with van der Waals surface area (Å²) >= 11 is 0. The van der Waals surface area contributed by atoms with E-state index >= 15 is 0 Å². The van der Waals surface area contributed by atoms with E-state index in [-0.39, 0.29) is 11.2 Å². The van der Waals surface area contributed by atoms with Gasteiger partial charge in [-0.2, -0.15) is 0 Å². The molecular formula is C12H20O2. The van der Waals surface area contributed by atoms with Crippen molar-refractivity contribution in [3.63, 3.8) is 0 Å². The first-order valence-electron chi connectivity index (χ1n) is 5.80. The third kappa shape index (κ3) is 1.10. The van der Waals surface area contributed by atoms with Gasteiger partial charge in [0.1, 0.15) is 0 Å². The first kappa shape index (κ1) is 9.17. The van der Waals surface area contributed by atoms with Gasteiger partial charge in [-0.1, -0.05) is 0 Å². The van der Waals surface area contributed by atoms with E-state index < -0.39 is 0 Å². The van der Waals surface area contributed by atoms with E-state index in [1.807, 2.05) is 14.2 Å². The van der Waals surface area contributed by atoms with Gasteiger partial charge >= 0.3 is 0 Å².